The van der Waals surface area contributed by atoms with Crippen molar-refractivity contribution < 1.29 is 0 Å². The summed E-state index contributed by atoms with van der Waals surface area (Å²) in [5.74, 6) is 16.2. The van der Waals surface area contributed by atoms with E-state index >= 15 is 0 Å². The maximum Gasteiger partial charge on any atom is -0.0318 e. The van der Waals surface area contributed by atoms with Crippen LogP contribution in [0.1, 0.15) is 110 Å². The number of hydrogen-bond acceptors (Lipinski definition) is 0. The molecule has 0 amide bonds. The monoisotopic (exact) mass is 487 g/mol. The zero-order chi connectivity index (χ0) is 26.7. The third kappa shape index (κ3) is 4.93. The van der Waals surface area contributed by atoms with E-state index in [1.807, 2.05) is 0 Å². The van der Waals surface area contributed by atoms with Gasteiger partial charge < -0.3 is 0 Å². The molecule has 0 spiro atoms. The molecule has 0 aliphatic heterocycles. The highest BCUT2D eigenvalue weighted by Gasteiger charge is 2.56. The minimum absolute atomic E-state index is 0.767. The molecule has 17 atom stereocenters. The molecule has 3 saturated carbocycles. The van der Waals surface area contributed by atoms with Crippen LogP contribution >= 0.6 is 0 Å². The van der Waals surface area contributed by atoms with Crippen LogP contribution in [-0.4, -0.2) is 0 Å². The van der Waals surface area contributed by atoms with E-state index in [9.17, 15) is 0 Å². The first-order valence-electron chi connectivity index (χ1n) is 16.1. The van der Waals surface area contributed by atoms with Gasteiger partial charge in [0.1, 0.15) is 0 Å². The summed E-state index contributed by atoms with van der Waals surface area (Å²) in [5, 5.41) is 0. The van der Waals surface area contributed by atoms with Crippen LogP contribution in [0.3, 0.4) is 0 Å². The third-order valence-electron chi connectivity index (χ3n) is 14.2. The highest BCUT2D eigenvalue weighted by Crippen LogP contribution is 2.62. The minimum atomic E-state index is 0.767. The molecule has 0 bridgehead atoms. The standard InChI is InChI=1S/C35H66/c1-17(2)31-19(5)16-30-25(11)21(7)24(10)28(14)34(30)35(31)29(15)32(18(3)4)33-26(12)22(8)20(6)23(9)27(33)13/h17-35H,16H2,1-15H3/t19-,20?,21-,22-,23+,24+,25-,26-,27+,28+,29-,30-,31-,32?,33?,34+,35-/m1/s1. The van der Waals surface area contributed by atoms with E-state index in [1.165, 1.54) is 6.42 Å². The summed E-state index contributed by atoms with van der Waals surface area (Å²) in [6.07, 6.45) is 1.48. The van der Waals surface area contributed by atoms with Crippen LogP contribution in [0.5, 0.6) is 0 Å². The molecular weight excluding hydrogens is 420 g/mol. The molecule has 0 heterocycles. The first kappa shape index (κ1) is 29.6. The number of hydrogen-bond donors (Lipinski definition) is 0. The molecule has 0 nitrogen and oxygen atoms in total. The van der Waals surface area contributed by atoms with Gasteiger partial charge in [-0.05, 0) is 119 Å². The zero-order valence-corrected chi connectivity index (χ0v) is 26.7. The second-order valence-corrected chi connectivity index (χ2v) is 15.8. The van der Waals surface area contributed by atoms with E-state index in [2.05, 4.69) is 104 Å². The first-order chi connectivity index (χ1) is 16.1. The van der Waals surface area contributed by atoms with Gasteiger partial charge in [0, 0.05) is 0 Å². The first-order valence-corrected chi connectivity index (χ1v) is 16.1. The number of fused-ring (bicyclic) bond motifs is 1. The van der Waals surface area contributed by atoms with Crippen LogP contribution < -0.4 is 0 Å². The van der Waals surface area contributed by atoms with Gasteiger partial charge in [0.2, 0.25) is 0 Å². The predicted molar refractivity (Wildman–Crippen MR) is 156 cm³/mol. The van der Waals surface area contributed by atoms with Crippen molar-refractivity contribution in [1.29, 1.82) is 0 Å². The molecule has 206 valence electrons. The van der Waals surface area contributed by atoms with Gasteiger partial charge in [-0.2, -0.15) is 0 Å². The smallest absolute Gasteiger partial charge is 0.0318 e. The molecule has 0 aromatic heterocycles. The average Bonchev–Trinajstić information content (AvgIpc) is 2.79. The molecule has 0 saturated heterocycles. The van der Waals surface area contributed by atoms with Gasteiger partial charge in [-0.3, -0.25) is 0 Å². The van der Waals surface area contributed by atoms with Gasteiger partial charge >= 0.3 is 0 Å². The summed E-state index contributed by atoms with van der Waals surface area (Å²) in [5.41, 5.74) is 0. The van der Waals surface area contributed by atoms with Crippen molar-refractivity contribution in [3.05, 3.63) is 0 Å². The van der Waals surface area contributed by atoms with Crippen molar-refractivity contribution in [2.45, 2.75) is 110 Å². The maximum absolute atomic E-state index is 2.76. The zero-order valence-electron chi connectivity index (χ0n) is 26.7. The van der Waals surface area contributed by atoms with Crippen LogP contribution in [-0.2, 0) is 0 Å². The molecule has 3 rings (SSSR count). The Hall–Kier alpha value is 0. The van der Waals surface area contributed by atoms with Crippen LogP contribution in [0.4, 0.5) is 0 Å². The van der Waals surface area contributed by atoms with E-state index in [0.29, 0.717) is 0 Å². The highest BCUT2D eigenvalue weighted by atomic mass is 14.6. The SMILES string of the molecule is CC(C)C(C1[C@@H](C)[C@@H](C)C(C)[C@@H](C)[C@H]1C)[C@@H](C)[C@@H]1[C@H](C(C)C)[C@H](C)C[C@@H]2[C@H](C)[C@H](C)[C@H](C)[C@H](C)[C@@H]21. The Bertz CT molecular complexity index is 660. The van der Waals surface area contributed by atoms with Crippen LogP contribution in [0.2, 0.25) is 0 Å². The lowest BCUT2D eigenvalue weighted by atomic mass is 9.43. The minimum Gasteiger partial charge on any atom is -0.0625 e. The van der Waals surface area contributed by atoms with Crippen molar-refractivity contribution in [3.8, 4) is 0 Å². The summed E-state index contributed by atoms with van der Waals surface area (Å²) in [4.78, 5) is 0. The van der Waals surface area contributed by atoms with Crippen LogP contribution in [0.25, 0.3) is 0 Å². The molecule has 3 unspecified atom stereocenters. The molecule has 35 heavy (non-hydrogen) atoms. The van der Waals surface area contributed by atoms with Crippen LogP contribution in [0.15, 0.2) is 0 Å². The van der Waals surface area contributed by atoms with E-state index < -0.39 is 0 Å². The summed E-state index contributed by atoms with van der Waals surface area (Å²) >= 11 is 0. The molecule has 0 N–H and O–H groups in total. The van der Waals surface area contributed by atoms with Gasteiger partial charge in [0.05, 0.1) is 0 Å². The fraction of sp³-hybridized carbons (Fsp3) is 1.00. The van der Waals surface area contributed by atoms with Gasteiger partial charge in [-0.1, -0.05) is 104 Å². The lowest BCUT2D eigenvalue weighted by Crippen LogP contribution is -2.56. The van der Waals surface area contributed by atoms with Gasteiger partial charge in [0.15, 0.2) is 0 Å². The Morgan fingerprint density at radius 3 is 1.34 bits per heavy atom. The van der Waals surface area contributed by atoms with Gasteiger partial charge in [-0.25, -0.2) is 0 Å². The molecule has 0 aromatic rings. The van der Waals surface area contributed by atoms with Gasteiger partial charge in [-0.15, -0.1) is 0 Å². The average molecular weight is 487 g/mol. The Kier molecular flexibility index (Phi) is 9.29. The quantitative estimate of drug-likeness (QED) is 0.362. The molecular formula is C35H66. The lowest BCUT2D eigenvalue weighted by Gasteiger charge is -2.61. The van der Waals surface area contributed by atoms with Crippen molar-refractivity contribution in [3.63, 3.8) is 0 Å². The third-order valence-corrected chi connectivity index (χ3v) is 14.2. The summed E-state index contributed by atoms with van der Waals surface area (Å²) in [6.45, 7) is 39.1. The Balaban J connectivity index is 2.09. The molecule has 3 aliphatic rings. The maximum atomic E-state index is 2.76. The molecule has 3 fully saturated rings. The molecule has 0 heteroatoms. The lowest BCUT2D eigenvalue weighted by molar-refractivity contribution is -0.136. The van der Waals surface area contributed by atoms with Crippen molar-refractivity contribution in [1.82, 2.24) is 0 Å². The summed E-state index contributed by atoms with van der Waals surface area (Å²) in [7, 11) is 0. The molecule has 0 aromatic carbocycles. The number of rotatable bonds is 5. The summed E-state index contributed by atoms with van der Waals surface area (Å²) < 4.78 is 0. The van der Waals surface area contributed by atoms with E-state index in [-0.39, 0.29) is 0 Å². The Labute approximate surface area is 222 Å². The Morgan fingerprint density at radius 1 is 0.457 bits per heavy atom. The fourth-order valence-electron chi connectivity index (χ4n) is 11.4. The van der Waals surface area contributed by atoms with Crippen molar-refractivity contribution in [2.24, 2.45) is 112 Å². The Morgan fingerprint density at radius 2 is 0.886 bits per heavy atom. The topological polar surface area (TPSA) is 0 Å². The second-order valence-electron chi connectivity index (χ2n) is 15.8. The summed E-state index contributed by atoms with van der Waals surface area (Å²) in [6, 6.07) is 0. The van der Waals surface area contributed by atoms with E-state index in [4.69, 9.17) is 0 Å². The largest absolute Gasteiger partial charge is 0.0625 e. The molecule has 0 radical (unpaired) electrons. The van der Waals surface area contributed by atoms with Gasteiger partial charge in [0.25, 0.3) is 0 Å². The van der Waals surface area contributed by atoms with E-state index in [1.54, 1.807) is 0 Å². The van der Waals surface area contributed by atoms with Crippen LogP contribution in [0, 0.1) is 112 Å². The fourth-order valence-corrected chi connectivity index (χ4v) is 11.4. The molecule has 3 aliphatic carbocycles. The van der Waals surface area contributed by atoms with E-state index in [0.717, 1.165) is 112 Å². The highest BCUT2D eigenvalue weighted by molar-refractivity contribution is 5.04. The second kappa shape index (κ2) is 11.0. The normalized spacial score (nSPS) is 52.9. The van der Waals surface area contributed by atoms with Crippen molar-refractivity contribution in [2.75, 3.05) is 0 Å². The van der Waals surface area contributed by atoms with Crippen molar-refractivity contribution >= 4 is 0 Å². The predicted octanol–water partition coefficient (Wildman–Crippen LogP) is 10.4.